The lowest BCUT2D eigenvalue weighted by atomic mass is 10.1. The zero-order valence-corrected chi connectivity index (χ0v) is 31.6. The molecule has 1 heterocycles. The first kappa shape index (κ1) is 48.5. The average Bonchev–Trinajstić information content (AvgIpc) is 3.57. The highest BCUT2D eigenvalue weighted by Crippen LogP contribution is 2.33. The average molecular weight is 789 g/mol. The summed E-state index contributed by atoms with van der Waals surface area (Å²) in [5.41, 5.74) is 12.6. The van der Waals surface area contributed by atoms with Crippen molar-refractivity contribution in [1.29, 1.82) is 0 Å². The molecule has 56 heavy (non-hydrogen) atoms. The predicted molar refractivity (Wildman–Crippen MR) is 212 cm³/mol. The molecule has 1 unspecified atom stereocenters. The molecule has 0 saturated carbocycles. The molecule has 0 amide bonds. The number of hydrogen-bond acceptors (Lipinski definition) is 13. The van der Waals surface area contributed by atoms with Crippen molar-refractivity contribution in [2.45, 2.75) is 31.8 Å². The molecule has 0 spiro atoms. The maximum absolute atomic E-state index is 10.3. The molecular weight excluding hydrogens is 732 g/mol. The molecule has 18 nitrogen and oxygen atoms in total. The lowest BCUT2D eigenvalue weighted by molar-refractivity contribution is -0.143. The molecule has 310 valence electrons. The summed E-state index contributed by atoms with van der Waals surface area (Å²) >= 11 is 0. The Morgan fingerprint density at radius 2 is 1.12 bits per heavy atom. The second kappa shape index (κ2) is 29.8. The Labute approximate surface area is 325 Å². The van der Waals surface area contributed by atoms with Crippen molar-refractivity contribution in [3.63, 3.8) is 0 Å². The zero-order valence-electron chi connectivity index (χ0n) is 31.6. The largest absolute Gasteiger partial charge is 0.493 e. The molecule has 18 heteroatoms. The summed E-state index contributed by atoms with van der Waals surface area (Å²) in [6, 6.07) is 21.6. The Hall–Kier alpha value is -5.50. The fraction of sp³-hybridized carbons (Fsp3) is 0.421. The molecule has 0 radical (unpaired) electrons. The van der Waals surface area contributed by atoms with E-state index in [4.69, 9.17) is 46.1 Å². The van der Waals surface area contributed by atoms with Gasteiger partial charge in [0.05, 0.1) is 38.3 Å². The van der Waals surface area contributed by atoms with Crippen molar-refractivity contribution in [3.05, 3.63) is 66.7 Å². The van der Waals surface area contributed by atoms with Gasteiger partial charge in [-0.15, -0.1) is 0 Å². The van der Waals surface area contributed by atoms with Gasteiger partial charge >= 0.3 is 23.9 Å². The third-order valence-electron chi connectivity index (χ3n) is 7.13. The van der Waals surface area contributed by atoms with E-state index in [9.17, 15) is 24.3 Å². The van der Waals surface area contributed by atoms with Gasteiger partial charge in [0.15, 0.2) is 11.5 Å². The number of fused-ring (bicyclic) bond motifs is 3. The van der Waals surface area contributed by atoms with Crippen LogP contribution in [0.15, 0.2) is 66.7 Å². The maximum Gasteiger partial charge on any atom is 0.303 e. The van der Waals surface area contributed by atoms with Crippen LogP contribution in [0.25, 0.3) is 21.8 Å². The monoisotopic (exact) mass is 788 g/mol. The number of carbonyl (C=O) groups is 4. The molecule has 4 aromatic rings. The molecule has 0 fully saturated rings. The van der Waals surface area contributed by atoms with Crippen molar-refractivity contribution >= 4 is 45.7 Å². The second-order valence-corrected chi connectivity index (χ2v) is 11.7. The summed E-state index contributed by atoms with van der Waals surface area (Å²) in [4.78, 5) is 42.0. The number of aliphatic hydroxyl groups is 1. The normalized spacial score (nSPS) is 10.8. The number of aliphatic hydroxyl groups excluding tert-OH is 1. The number of aromatic nitrogens is 1. The molecule has 13 N–H and O–H groups in total. The van der Waals surface area contributed by atoms with Gasteiger partial charge in [-0.25, -0.2) is 0 Å². The van der Waals surface area contributed by atoms with E-state index in [0.717, 1.165) is 53.7 Å². The van der Waals surface area contributed by atoms with Gasteiger partial charge in [0.25, 0.3) is 0 Å². The number of carboxylic acid groups (broad SMARTS) is 4. The molecule has 0 saturated heterocycles. The number of carboxylic acids is 4. The van der Waals surface area contributed by atoms with Crippen LogP contribution in [-0.2, 0) is 19.2 Å². The topological polar surface area (TPSA) is 301 Å². The fourth-order valence-corrected chi connectivity index (χ4v) is 4.53. The smallest absolute Gasteiger partial charge is 0.303 e. The first-order valence-electron chi connectivity index (χ1n) is 17.9. The number of nitrogens with two attached hydrogens (primary N) is 2. The first-order chi connectivity index (χ1) is 26.9. The van der Waals surface area contributed by atoms with Gasteiger partial charge < -0.3 is 72.1 Å². The molecular formula is C38H56N6O12. The zero-order chi connectivity index (χ0) is 41.6. The lowest BCUT2D eigenvalue weighted by Crippen LogP contribution is -2.33. The van der Waals surface area contributed by atoms with E-state index < -0.39 is 30.0 Å². The van der Waals surface area contributed by atoms with Crippen LogP contribution in [0.5, 0.6) is 17.2 Å². The quantitative estimate of drug-likeness (QED) is 0.0477. The Morgan fingerprint density at radius 1 is 0.625 bits per heavy atom. The maximum atomic E-state index is 10.3. The van der Waals surface area contributed by atoms with Gasteiger partial charge in [-0.05, 0) is 30.3 Å². The highest BCUT2D eigenvalue weighted by Gasteiger charge is 2.12. The van der Waals surface area contributed by atoms with Crippen LogP contribution in [0.3, 0.4) is 0 Å². The van der Waals surface area contributed by atoms with Gasteiger partial charge in [-0.1, -0.05) is 36.4 Å². The molecule has 0 aliphatic rings. The Balaban J connectivity index is 0.000000492. The standard InChI is InChI=1S/C24H26N2O4.C6H18N4.2C4H6O4/c1-28-21-10-4-5-11-22(21)29-14-13-25-15-17(27)16-30-23-12-6-9-20-24(23)18-7-2-3-8-19(18)26-20;7-1-3-9-5-6-10-4-2-8;2*5-3(6)1-2-4(7)8/h2-12,17,25-27H,13-16H2,1H3;9-10H,1-8H2;2*1-2H2,(H,5,6)(H,7,8). The minimum atomic E-state index is -1.08. The van der Waals surface area contributed by atoms with Gasteiger partial charge in [0, 0.05) is 68.6 Å². The van der Waals surface area contributed by atoms with Crippen molar-refractivity contribution in [2.75, 3.05) is 72.7 Å². The van der Waals surface area contributed by atoms with Crippen molar-refractivity contribution in [3.8, 4) is 17.2 Å². The van der Waals surface area contributed by atoms with Gasteiger partial charge in [0.1, 0.15) is 25.1 Å². The molecule has 1 atom stereocenters. The number of benzene rings is 3. The van der Waals surface area contributed by atoms with Crippen LogP contribution in [0.2, 0.25) is 0 Å². The highest BCUT2D eigenvalue weighted by atomic mass is 16.5. The van der Waals surface area contributed by atoms with E-state index in [1.54, 1.807) is 7.11 Å². The molecule has 4 rings (SSSR count). The van der Waals surface area contributed by atoms with Crippen LogP contribution in [-0.4, -0.2) is 133 Å². The molecule has 0 bridgehead atoms. The van der Waals surface area contributed by atoms with E-state index in [-0.39, 0.29) is 32.3 Å². The number of methoxy groups -OCH3 is 1. The summed E-state index contributed by atoms with van der Waals surface area (Å²) in [7, 11) is 1.62. The number of aromatic amines is 1. The molecule has 3 aromatic carbocycles. The van der Waals surface area contributed by atoms with Crippen LogP contribution in [0.4, 0.5) is 0 Å². The van der Waals surface area contributed by atoms with Crippen molar-refractivity contribution < 1.29 is 58.9 Å². The van der Waals surface area contributed by atoms with Crippen LogP contribution in [0.1, 0.15) is 25.7 Å². The molecule has 0 aliphatic carbocycles. The lowest BCUT2D eigenvalue weighted by Gasteiger charge is -2.15. The summed E-state index contributed by atoms with van der Waals surface area (Å²) in [5.74, 6) is -2.13. The third-order valence-corrected chi connectivity index (χ3v) is 7.13. The van der Waals surface area contributed by atoms with Crippen LogP contribution in [0, 0.1) is 0 Å². The Kier molecular flexibility index (Phi) is 25.8. The van der Waals surface area contributed by atoms with E-state index in [0.29, 0.717) is 44.3 Å². The highest BCUT2D eigenvalue weighted by molar-refractivity contribution is 6.10. The van der Waals surface area contributed by atoms with Crippen LogP contribution >= 0.6 is 0 Å². The number of nitrogens with one attached hydrogen (secondary N) is 4. The summed E-state index contributed by atoms with van der Waals surface area (Å²) < 4.78 is 16.9. The van der Waals surface area contributed by atoms with E-state index >= 15 is 0 Å². The summed E-state index contributed by atoms with van der Waals surface area (Å²) in [6.07, 6.45) is -1.81. The first-order valence-corrected chi connectivity index (χ1v) is 17.9. The summed E-state index contributed by atoms with van der Waals surface area (Å²) in [6.45, 7) is 6.84. The number of H-pyrrole nitrogens is 1. The van der Waals surface area contributed by atoms with E-state index in [2.05, 4.69) is 27.0 Å². The summed E-state index contributed by atoms with van der Waals surface area (Å²) in [5, 5.41) is 53.6. The number of para-hydroxylation sites is 3. The van der Waals surface area contributed by atoms with Crippen molar-refractivity contribution in [2.24, 2.45) is 11.5 Å². The predicted octanol–water partition coefficient (Wildman–Crippen LogP) is 1.69. The van der Waals surface area contributed by atoms with E-state index in [1.165, 1.54) is 0 Å². The van der Waals surface area contributed by atoms with Crippen molar-refractivity contribution in [1.82, 2.24) is 20.9 Å². The number of aliphatic carboxylic acids is 4. The van der Waals surface area contributed by atoms with Crippen LogP contribution < -0.4 is 41.6 Å². The second-order valence-electron chi connectivity index (χ2n) is 11.7. The number of hydrogen-bond donors (Lipinski definition) is 11. The number of rotatable bonds is 23. The van der Waals surface area contributed by atoms with E-state index in [1.807, 2.05) is 60.7 Å². The minimum absolute atomic E-state index is 0.207. The fourth-order valence-electron chi connectivity index (χ4n) is 4.53. The Bertz CT molecular complexity index is 1660. The number of ether oxygens (including phenoxy) is 3. The SMILES string of the molecule is COc1ccccc1OCCNCC(O)COc1cccc2[nH]c3ccccc3c12.NCCNCCNCCN.O=C(O)CCC(=O)O.O=C(O)CCC(=O)O. The van der Waals surface area contributed by atoms with Gasteiger partial charge in [-0.3, -0.25) is 19.2 Å². The molecule has 1 aromatic heterocycles. The minimum Gasteiger partial charge on any atom is -0.493 e. The third kappa shape index (κ3) is 22.0. The Morgan fingerprint density at radius 3 is 1.66 bits per heavy atom. The molecule has 0 aliphatic heterocycles. The van der Waals surface area contributed by atoms with Gasteiger partial charge in [-0.2, -0.15) is 0 Å². The van der Waals surface area contributed by atoms with Gasteiger partial charge in [0.2, 0.25) is 0 Å².